The van der Waals surface area contributed by atoms with Crippen molar-refractivity contribution >= 4 is 23.5 Å². The third-order valence-electron chi connectivity index (χ3n) is 6.54. The zero-order valence-corrected chi connectivity index (χ0v) is 17.4. The first-order chi connectivity index (χ1) is 15.1. The molecule has 4 amide bonds. The maximum absolute atomic E-state index is 12.7. The molecule has 162 valence electrons. The van der Waals surface area contributed by atoms with E-state index in [9.17, 15) is 14.4 Å². The Hall–Kier alpha value is -3.23. The average Bonchev–Trinajstić information content (AvgIpc) is 3.40. The van der Waals surface area contributed by atoms with Crippen LogP contribution in [-0.2, 0) is 22.6 Å². The summed E-state index contributed by atoms with van der Waals surface area (Å²) in [6, 6.07) is 6.93. The molecule has 2 aliphatic heterocycles. The minimum atomic E-state index is -0.796. The van der Waals surface area contributed by atoms with Crippen LogP contribution in [0.2, 0.25) is 0 Å². The first kappa shape index (κ1) is 19.7. The number of benzene rings is 1. The lowest BCUT2D eigenvalue weighted by Gasteiger charge is -2.19. The van der Waals surface area contributed by atoms with Crippen LogP contribution in [-0.4, -0.2) is 49.6 Å². The Morgan fingerprint density at radius 2 is 1.81 bits per heavy atom. The number of imide groups is 1. The second-order valence-electron chi connectivity index (χ2n) is 8.64. The van der Waals surface area contributed by atoms with Crippen LogP contribution >= 0.6 is 0 Å². The van der Waals surface area contributed by atoms with Crippen molar-refractivity contribution in [3.8, 4) is 11.4 Å². The molecule has 3 aliphatic rings. The fourth-order valence-corrected chi connectivity index (χ4v) is 4.88. The van der Waals surface area contributed by atoms with Crippen LogP contribution < -0.4 is 10.6 Å². The number of nitrogens with one attached hydrogen (secondary N) is 2. The van der Waals surface area contributed by atoms with Gasteiger partial charge in [-0.3, -0.25) is 14.5 Å². The highest BCUT2D eigenvalue weighted by Crippen LogP contribution is 2.35. The van der Waals surface area contributed by atoms with E-state index in [1.165, 1.54) is 6.42 Å². The standard InChI is InChI=1S/C22H26N6O3/c29-18(14-28-20(30)22(24-21(28)31)11-3-4-12-22)23-16-9-7-15(8-10-16)19-26-25-17-6-2-1-5-13-27(17)19/h7-10H,1-6,11-14H2,(H,23,29)(H,24,31). The van der Waals surface area contributed by atoms with E-state index >= 15 is 0 Å². The largest absolute Gasteiger partial charge is 0.325 e. The molecule has 1 aromatic heterocycles. The molecule has 9 heteroatoms. The average molecular weight is 422 g/mol. The second-order valence-corrected chi connectivity index (χ2v) is 8.64. The van der Waals surface area contributed by atoms with Gasteiger partial charge in [-0.1, -0.05) is 19.3 Å². The summed E-state index contributed by atoms with van der Waals surface area (Å²) in [6.07, 6.45) is 7.52. The fourth-order valence-electron chi connectivity index (χ4n) is 4.88. The molecule has 2 N–H and O–H groups in total. The van der Waals surface area contributed by atoms with E-state index in [-0.39, 0.29) is 12.5 Å². The van der Waals surface area contributed by atoms with Crippen LogP contribution in [0.4, 0.5) is 10.5 Å². The summed E-state index contributed by atoms with van der Waals surface area (Å²) in [7, 11) is 0. The Morgan fingerprint density at radius 1 is 1.03 bits per heavy atom. The van der Waals surface area contributed by atoms with Crippen LogP contribution in [0.5, 0.6) is 0 Å². The fraction of sp³-hybridized carbons (Fsp3) is 0.500. The lowest BCUT2D eigenvalue weighted by Crippen LogP contribution is -2.44. The van der Waals surface area contributed by atoms with E-state index in [4.69, 9.17) is 0 Å². The van der Waals surface area contributed by atoms with Crippen molar-refractivity contribution in [2.75, 3.05) is 11.9 Å². The van der Waals surface area contributed by atoms with Crippen molar-refractivity contribution in [2.24, 2.45) is 0 Å². The molecule has 1 saturated carbocycles. The van der Waals surface area contributed by atoms with Crippen LogP contribution in [0.3, 0.4) is 0 Å². The lowest BCUT2D eigenvalue weighted by atomic mass is 9.98. The predicted molar refractivity (Wildman–Crippen MR) is 113 cm³/mol. The molecule has 1 saturated heterocycles. The molecule has 0 bridgehead atoms. The van der Waals surface area contributed by atoms with Crippen molar-refractivity contribution in [2.45, 2.75) is 63.5 Å². The van der Waals surface area contributed by atoms with Gasteiger partial charge >= 0.3 is 6.03 Å². The van der Waals surface area contributed by atoms with Crippen molar-refractivity contribution < 1.29 is 14.4 Å². The molecule has 3 heterocycles. The van der Waals surface area contributed by atoms with Gasteiger partial charge in [0, 0.05) is 24.2 Å². The molecule has 0 unspecified atom stereocenters. The number of amides is 4. The molecule has 2 aromatic rings. The minimum Gasteiger partial charge on any atom is -0.325 e. The number of carbonyl (C=O) groups is 3. The zero-order valence-electron chi connectivity index (χ0n) is 17.4. The number of fused-ring (bicyclic) bond motifs is 1. The van der Waals surface area contributed by atoms with Gasteiger partial charge in [0.05, 0.1) is 0 Å². The van der Waals surface area contributed by atoms with Gasteiger partial charge in [-0.05, 0) is 49.9 Å². The molecule has 1 aliphatic carbocycles. The maximum Gasteiger partial charge on any atom is 0.325 e. The van der Waals surface area contributed by atoms with Gasteiger partial charge in [-0.2, -0.15) is 0 Å². The first-order valence-corrected chi connectivity index (χ1v) is 11.0. The molecule has 5 rings (SSSR count). The number of aryl methyl sites for hydroxylation is 1. The van der Waals surface area contributed by atoms with Gasteiger partial charge in [-0.15, -0.1) is 10.2 Å². The van der Waals surface area contributed by atoms with Gasteiger partial charge in [0.2, 0.25) is 5.91 Å². The third-order valence-corrected chi connectivity index (χ3v) is 6.54. The van der Waals surface area contributed by atoms with Gasteiger partial charge in [-0.25, -0.2) is 4.79 Å². The Bertz CT molecular complexity index is 1020. The summed E-state index contributed by atoms with van der Waals surface area (Å²) in [5, 5.41) is 14.3. The van der Waals surface area contributed by atoms with E-state index in [1.807, 2.05) is 12.1 Å². The number of hydrogen-bond acceptors (Lipinski definition) is 5. The third kappa shape index (κ3) is 3.58. The molecular formula is C22H26N6O3. The SMILES string of the molecule is O=C(CN1C(=O)NC2(CCCC2)C1=O)Nc1ccc(-c2nnc3n2CCCCC3)cc1. The Labute approximate surface area is 180 Å². The number of anilines is 1. The first-order valence-electron chi connectivity index (χ1n) is 11.0. The monoisotopic (exact) mass is 422 g/mol. The van der Waals surface area contributed by atoms with Crippen molar-refractivity contribution in [1.29, 1.82) is 0 Å². The number of rotatable bonds is 4. The smallest absolute Gasteiger partial charge is 0.325 e. The summed E-state index contributed by atoms with van der Waals surface area (Å²) >= 11 is 0. The van der Waals surface area contributed by atoms with E-state index in [1.54, 1.807) is 12.1 Å². The van der Waals surface area contributed by atoms with E-state index in [0.717, 1.165) is 60.8 Å². The predicted octanol–water partition coefficient (Wildman–Crippen LogP) is 2.47. The second kappa shape index (κ2) is 7.79. The normalized spacial score (nSPS) is 19.9. The highest BCUT2D eigenvalue weighted by Gasteiger charge is 2.52. The topological polar surface area (TPSA) is 109 Å². The number of aromatic nitrogens is 3. The molecule has 1 aromatic carbocycles. The molecule has 0 atom stereocenters. The Balaban J connectivity index is 1.24. The maximum atomic E-state index is 12.7. The minimum absolute atomic E-state index is 0.284. The number of carbonyl (C=O) groups excluding carboxylic acids is 3. The Kier molecular flexibility index (Phi) is 4.95. The van der Waals surface area contributed by atoms with Crippen LogP contribution in [0.15, 0.2) is 24.3 Å². The quantitative estimate of drug-likeness (QED) is 0.736. The number of urea groups is 1. The molecular weight excluding hydrogens is 396 g/mol. The summed E-state index contributed by atoms with van der Waals surface area (Å²) < 4.78 is 2.18. The molecule has 9 nitrogen and oxygen atoms in total. The zero-order chi connectivity index (χ0) is 21.4. The summed E-state index contributed by atoms with van der Waals surface area (Å²) in [5.74, 6) is 1.19. The van der Waals surface area contributed by atoms with Crippen LogP contribution in [0.25, 0.3) is 11.4 Å². The molecule has 1 spiro atoms. The van der Waals surface area contributed by atoms with E-state index < -0.39 is 17.5 Å². The van der Waals surface area contributed by atoms with E-state index in [0.29, 0.717) is 18.5 Å². The molecule has 0 radical (unpaired) electrons. The van der Waals surface area contributed by atoms with Gasteiger partial charge in [0.1, 0.15) is 17.9 Å². The van der Waals surface area contributed by atoms with Crippen molar-refractivity contribution in [3.63, 3.8) is 0 Å². The molecule has 31 heavy (non-hydrogen) atoms. The lowest BCUT2D eigenvalue weighted by molar-refractivity contribution is -0.133. The highest BCUT2D eigenvalue weighted by molar-refractivity contribution is 6.10. The molecule has 2 fully saturated rings. The van der Waals surface area contributed by atoms with Gasteiger partial charge < -0.3 is 15.2 Å². The van der Waals surface area contributed by atoms with Crippen molar-refractivity contribution in [1.82, 2.24) is 25.0 Å². The van der Waals surface area contributed by atoms with E-state index in [2.05, 4.69) is 25.4 Å². The summed E-state index contributed by atoms with van der Waals surface area (Å²) in [4.78, 5) is 38.5. The van der Waals surface area contributed by atoms with Crippen molar-refractivity contribution in [3.05, 3.63) is 30.1 Å². The summed E-state index contributed by atoms with van der Waals surface area (Å²) in [6.45, 7) is 0.634. The summed E-state index contributed by atoms with van der Waals surface area (Å²) in [5.41, 5.74) is 0.748. The Morgan fingerprint density at radius 3 is 2.58 bits per heavy atom. The number of hydrogen-bond donors (Lipinski definition) is 2. The highest BCUT2D eigenvalue weighted by atomic mass is 16.2. The van der Waals surface area contributed by atoms with Gasteiger partial charge in [0.15, 0.2) is 5.82 Å². The van der Waals surface area contributed by atoms with Gasteiger partial charge in [0.25, 0.3) is 5.91 Å². The van der Waals surface area contributed by atoms with Crippen LogP contribution in [0, 0.1) is 0 Å². The number of nitrogens with zero attached hydrogens (tertiary/aromatic N) is 4. The van der Waals surface area contributed by atoms with Crippen LogP contribution in [0.1, 0.15) is 50.8 Å².